The zero-order valence-electron chi connectivity index (χ0n) is 7.30. The predicted molar refractivity (Wildman–Crippen MR) is 47.5 cm³/mol. The average Bonchev–Trinajstić information content (AvgIpc) is 2.47. The molecule has 1 aromatic heterocycles. The monoisotopic (exact) mass is 178 g/mol. The normalized spacial score (nSPS) is 21.8. The molecule has 0 aliphatic carbocycles. The first-order valence-electron chi connectivity index (χ1n) is 4.16. The minimum absolute atomic E-state index is 0.0468. The van der Waals surface area contributed by atoms with Gasteiger partial charge in [0, 0.05) is 6.20 Å². The second-order valence-corrected chi connectivity index (χ2v) is 2.99. The fourth-order valence-corrected chi connectivity index (χ4v) is 1.31. The van der Waals surface area contributed by atoms with Crippen LogP contribution in [-0.4, -0.2) is 23.7 Å². The number of carbonyl (C=O) groups is 1. The number of pyridine rings is 1. The second-order valence-electron chi connectivity index (χ2n) is 2.99. The Kier molecular flexibility index (Phi) is 1.88. The van der Waals surface area contributed by atoms with Gasteiger partial charge in [0.15, 0.2) is 0 Å². The number of ether oxygens (including phenoxy) is 1. The molecule has 4 nitrogen and oxygen atoms in total. The Balaban J connectivity index is 2.23. The molecule has 0 bridgehead atoms. The van der Waals surface area contributed by atoms with E-state index in [1.807, 2.05) is 19.1 Å². The van der Waals surface area contributed by atoms with Gasteiger partial charge in [-0.3, -0.25) is 4.90 Å². The van der Waals surface area contributed by atoms with Crippen LogP contribution in [-0.2, 0) is 4.74 Å². The molecule has 4 heteroatoms. The first-order valence-corrected chi connectivity index (χ1v) is 4.16. The molecule has 2 heterocycles. The molecule has 1 atom stereocenters. The Morgan fingerprint density at radius 1 is 1.62 bits per heavy atom. The third-order valence-electron chi connectivity index (χ3n) is 1.89. The lowest BCUT2D eigenvalue weighted by Crippen LogP contribution is -2.24. The van der Waals surface area contributed by atoms with E-state index in [4.69, 9.17) is 4.74 Å². The Morgan fingerprint density at radius 2 is 2.46 bits per heavy atom. The lowest BCUT2D eigenvalue weighted by Gasteiger charge is -2.09. The number of amides is 1. The highest BCUT2D eigenvalue weighted by atomic mass is 16.6. The Labute approximate surface area is 76.1 Å². The summed E-state index contributed by atoms with van der Waals surface area (Å²) < 4.78 is 4.98. The summed E-state index contributed by atoms with van der Waals surface area (Å²) in [5.74, 6) is 0.650. The molecule has 0 spiro atoms. The van der Waals surface area contributed by atoms with E-state index < -0.39 is 0 Å². The summed E-state index contributed by atoms with van der Waals surface area (Å²) in [6.07, 6.45) is 1.30. The van der Waals surface area contributed by atoms with Gasteiger partial charge in [-0.05, 0) is 19.1 Å². The number of nitrogens with zero attached hydrogens (tertiary/aromatic N) is 2. The summed E-state index contributed by atoms with van der Waals surface area (Å²) in [5, 5.41) is 0. The van der Waals surface area contributed by atoms with Gasteiger partial charge in [-0.2, -0.15) is 0 Å². The molecule has 0 N–H and O–H groups in total. The number of rotatable bonds is 1. The van der Waals surface area contributed by atoms with Crippen LogP contribution in [0.1, 0.15) is 6.92 Å². The van der Waals surface area contributed by atoms with Crippen molar-refractivity contribution in [2.24, 2.45) is 0 Å². The van der Waals surface area contributed by atoms with Crippen LogP contribution in [0, 0.1) is 0 Å². The van der Waals surface area contributed by atoms with Crippen LogP contribution in [0.25, 0.3) is 0 Å². The maximum absolute atomic E-state index is 11.2. The van der Waals surface area contributed by atoms with Crippen molar-refractivity contribution < 1.29 is 9.53 Å². The number of cyclic esters (lactones) is 1. The minimum atomic E-state index is -0.314. The lowest BCUT2D eigenvalue weighted by molar-refractivity contribution is 0.150. The molecular formula is C9H10N2O2. The summed E-state index contributed by atoms with van der Waals surface area (Å²) >= 11 is 0. The van der Waals surface area contributed by atoms with Gasteiger partial charge >= 0.3 is 6.09 Å². The molecule has 68 valence electrons. The summed E-state index contributed by atoms with van der Waals surface area (Å²) in [5.41, 5.74) is 0. The maximum Gasteiger partial charge on any atom is 0.415 e. The molecule has 1 fully saturated rings. The average molecular weight is 178 g/mol. The van der Waals surface area contributed by atoms with Gasteiger partial charge in [-0.15, -0.1) is 0 Å². The van der Waals surface area contributed by atoms with Crippen molar-refractivity contribution in [2.75, 3.05) is 11.4 Å². The summed E-state index contributed by atoms with van der Waals surface area (Å²) in [7, 11) is 0. The van der Waals surface area contributed by atoms with Crippen molar-refractivity contribution in [3.63, 3.8) is 0 Å². The largest absolute Gasteiger partial charge is 0.444 e. The van der Waals surface area contributed by atoms with Gasteiger partial charge in [-0.25, -0.2) is 9.78 Å². The number of hydrogen-bond donors (Lipinski definition) is 0. The van der Waals surface area contributed by atoms with Gasteiger partial charge in [0.25, 0.3) is 0 Å². The number of carbonyl (C=O) groups excluding carboxylic acids is 1. The number of hydrogen-bond acceptors (Lipinski definition) is 3. The van der Waals surface area contributed by atoms with Crippen molar-refractivity contribution in [1.29, 1.82) is 0 Å². The lowest BCUT2D eigenvalue weighted by atomic mass is 10.4. The molecule has 1 unspecified atom stereocenters. The SMILES string of the molecule is CC1CN(c2ccccn2)C(=O)O1. The van der Waals surface area contributed by atoms with Gasteiger partial charge in [0.2, 0.25) is 0 Å². The van der Waals surface area contributed by atoms with Crippen LogP contribution in [0.2, 0.25) is 0 Å². The highest BCUT2D eigenvalue weighted by molar-refractivity contribution is 5.88. The molecule has 1 aliphatic rings. The van der Waals surface area contributed by atoms with Gasteiger partial charge in [0.1, 0.15) is 11.9 Å². The third-order valence-corrected chi connectivity index (χ3v) is 1.89. The van der Waals surface area contributed by atoms with E-state index in [-0.39, 0.29) is 12.2 Å². The first kappa shape index (κ1) is 8.04. The molecule has 1 amide bonds. The van der Waals surface area contributed by atoms with Crippen LogP contribution in [0.15, 0.2) is 24.4 Å². The van der Waals surface area contributed by atoms with Crippen molar-refractivity contribution in [3.05, 3.63) is 24.4 Å². The van der Waals surface area contributed by atoms with Gasteiger partial charge in [-0.1, -0.05) is 6.07 Å². The topological polar surface area (TPSA) is 42.4 Å². The molecule has 0 radical (unpaired) electrons. The van der Waals surface area contributed by atoms with Crippen molar-refractivity contribution in [1.82, 2.24) is 4.98 Å². The zero-order valence-corrected chi connectivity index (χ0v) is 7.30. The molecule has 13 heavy (non-hydrogen) atoms. The fourth-order valence-electron chi connectivity index (χ4n) is 1.31. The van der Waals surface area contributed by atoms with E-state index in [1.165, 1.54) is 4.90 Å². The summed E-state index contributed by atoms with van der Waals surface area (Å²) in [6, 6.07) is 5.45. The van der Waals surface area contributed by atoms with Crippen LogP contribution < -0.4 is 4.90 Å². The molecule has 0 aromatic carbocycles. The number of anilines is 1. The van der Waals surface area contributed by atoms with E-state index in [2.05, 4.69) is 4.98 Å². The predicted octanol–water partition coefficient (Wildman–Crippen LogP) is 1.43. The van der Waals surface area contributed by atoms with Gasteiger partial charge < -0.3 is 4.74 Å². The molecule has 2 rings (SSSR count). The highest BCUT2D eigenvalue weighted by Gasteiger charge is 2.29. The number of aromatic nitrogens is 1. The van der Waals surface area contributed by atoms with Crippen LogP contribution in [0.3, 0.4) is 0 Å². The Bertz CT molecular complexity index is 313. The van der Waals surface area contributed by atoms with Crippen molar-refractivity contribution >= 4 is 11.9 Å². The maximum atomic E-state index is 11.2. The molecule has 1 saturated heterocycles. The van der Waals surface area contributed by atoms with E-state index in [0.717, 1.165) is 0 Å². The zero-order chi connectivity index (χ0) is 9.26. The fraction of sp³-hybridized carbons (Fsp3) is 0.333. The second kappa shape index (κ2) is 3.05. The molecule has 1 aliphatic heterocycles. The Hall–Kier alpha value is -1.58. The molecular weight excluding hydrogens is 168 g/mol. The third kappa shape index (κ3) is 1.47. The van der Waals surface area contributed by atoms with Crippen molar-refractivity contribution in [3.8, 4) is 0 Å². The molecule has 1 aromatic rings. The van der Waals surface area contributed by atoms with E-state index in [1.54, 1.807) is 12.3 Å². The highest BCUT2D eigenvalue weighted by Crippen LogP contribution is 2.17. The van der Waals surface area contributed by atoms with E-state index in [0.29, 0.717) is 12.4 Å². The minimum Gasteiger partial charge on any atom is -0.444 e. The summed E-state index contributed by atoms with van der Waals surface area (Å²) in [6.45, 7) is 2.44. The first-order chi connectivity index (χ1) is 6.27. The molecule has 0 saturated carbocycles. The van der Waals surface area contributed by atoms with Gasteiger partial charge in [0.05, 0.1) is 6.54 Å². The summed E-state index contributed by atoms with van der Waals surface area (Å²) in [4.78, 5) is 16.9. The van der Waals surface area contributed by atoms with Crippen LogP contribution in [0.4, 0.5) is 10.6 Å². The van der Waals surface area contributed by atoms with Crippen LogP contribution in [0.5, 0.6) is 0 Å². The smallest absolute Gasteiger partial charge is 0.415 e. The van der Waals surface area contributed by atoms with Crippen molar-refractivity contribution in [2.45, 2.75) is 13.0 Å². The van der Waals surface area contributed by atoms with Crippen LogP contribution >= 0.6 is 0 Å². The Morgan fingerprint density at radius 3 is 3.00 bits per heavy atom. The standard InChI is InChI=1S/C9H10N2O2/c1-7-6-11(9(12)13-7)8-4-2-3-5-10-8/h2-5,7H,6H2,1H3. The van der Waals surface area contributed by atoms with E-state index >= 15 is 0 Å². The van der Waals surface area contributed by atoms with E-state index in [9.17, 15) is 4.79 Å². The quantitative estimate of drug-likeness (QED) is 0.653.